The van der Waals surface area contributed by atoms with E-state index in [1.807, 2.05) is 31.2 Å². The second-order valence-corrected chi connectivity index (χ2v) is 6.01. The lowest BCUT2D eigenvalue weighted by Gasteiger charge is -2.15. The summed E-state index contributed by atoms with van der Waals surface area (Å²) in [4.78, 5) is 15.4. The third-order valence-electron chi connectivity index (χ3n) is 3.98. The van der Waals surface area contributed by atoms with Crippen molar-refractivity contribution in [3.05, 3.63) is 53.1 Å². The van der Waals surface area contributed by atoms with E-state index in [0.29, 0.717) is 39.5 Å². The van der Waals surface area contributed by atoms with Crippen LogP contribution in [-0.4, -0.2) is 24.5 Å². The van der Waals surface area contributed by atoms with Crippen LogP contribution in [0.3, 0.4) is 0 Å². The van der Waals surface area contributed by atoms with Gasteiger partial charge in [0.25, 0.3) is 0 Å². The van der Waals surface area contributed by atoms with Crippen molar-refractivity contribution in [3.63, 3.8) is 0 Å². The molecular formula is C19H17ClN4O2. The summed E-state index contributed by atoms with van der Waals surface area (Å²) in [6, 6.07) is 13.1. The zero-order valence-corrected chi connectivity index (χ0v) is 15.0. The Morgan fingerprint density at radius 2 is 2.04 bits per heavy atom. The molecule has 3 aromatic rings. The minimum Gasteiger partial charge on any atom is -0.494 e. The van der Waals surface area contributed by atoms with Crippen molar-refractivity contribution in [2.24, 2.45) is 0 Å². The predicted molar refractivity (Wildman–Crippen MR) is 104 cm³/mol. The Balaban J connectivity index is 2.30. The number of nitrogens with zero attached hydrogens (tertiary/aromatic N) is 1. The van der Waals surface area contributed by atoms with Gasteiger partial charge in [0, 0.05) is 10.9 Å². The first-order chi connectivity index (χ1) is 12.5. The third kappa shape index (κ3) is 3.32. The number of hydrogen-bond donors (Lipinski definition) is 3. The molecule has 0 saturated heterocycles. The molecule has 0 bridgehead atoms. The van der Waals surface area contributed by atoms with Gasteiger partial charge in [-0.3, -0.25) is 15.5 Å². The van der Waals surface area contributed by atoms with Crippen molar-refractivity contribution < 1.29 is 9.53 Å². The molecule has 132 valence electrons. The minimum absolute atomic E-state index is 0.165. The maximum absolute atomic E-state index is 10.6. The number of carbonyl (C=O) groups is 1. The number of halogens is 1. The number of aryl methyl sites for hydroxylation is 1. The number of aromatic nitrogens is 1. The maximum Gasteiger partial charge on any atom is 0.213 e. The smallest absolute Gasteiger partial charge is 0.213 e. The van der Waals surface area contributed by atoms with E-state index >= 15 is 0 Å². The summed E-state index contributed by atoms with van der Waals surface area (Å²) in [6.07, 6.45) is 0.434. The van der Waals surface area contributed by atoms with Gasteiger partial charge in [-0.15, -0.1) is 0 Å². The minimum atomic E-state index is -0.165. The second kappa shape index (κ2) is 7.41. The molecule has 0 saturated carbocycles. The fourth-order valence-corrected chi connectivity index (χ4v) is 3.02. The molecular weight excluding hydrogens is 352 g/mol. The van der Waals surface area contributed by atoms with Crippen molar-refractivity contribution in [3.8, 4) is 17.0 Å². The van der Waals surface area contributed by atoms with Gasteiger partial charge in [0.1, 0.15) is 11.3 Å². The Labute approximate surface area is 155 Å². The topological polar surface area (TPSA) is 87.1 Å². The molecule has 2 aromatic carbocycles. The Kier molecular flexibility index (Phi) is 5.04. The van der Waals surface area contributed by atoms with Crippen LogP contribution in [0.2, 0.25) is 5.02 Å². The zero-order valence-electron chi connectivity index (χ0n) is 14.3. The lowest BCUT2D eigenvalue weighted by molar-refractivity contribution is -0.108. The second-order valence-electron chi connectivity index (χ2n) is 5.61. The summed E-state index contributed by atoms with van der Waals surface area (Å²) in [6.45, 7) is 2.00. The molecule has 3 N–H and O–H groups in total. The van der Waals surface area contributed by atoms with Crippen molar-refractivity contribution in [1.82, 2.24) is 10.3 Å². The predicted octanol–water partition coefficient (Wildman–Crippen LogP) is 3.96. The first-order valence-corrected chi connectivity index (χ1v) is 8.22. The number of methoxy groups -OCH3 is 1. The Hall–Kier alpha value is -3.12. The van der Waals surface area contributed by atoms with E-state index in [2.05, 4.69) is 10.6 Å². The van der Waals surface area contributed by atoms with Crippen LogP contribution in [0.5, 0.6) is 5.75 Å². The fourth-order valence-electron chi connectivity index (χ4n) is 2.77. The van der Waals surface area contributed by atoms with Crippen molar-refractivity contribution in [2.45, 2.75) is 6.92 Å². The van der Waals surface area contributed by atoms with Crippen LogP contribution in [0.1, 0.15) is 5.56 Å². The van der Waals surface area contributed by atoms with Gasteiger partial charge >= 0.3 is 0 Å². The van der Waals surface area contributed by atoms with Crippen molar-refractivity contribution in [2.75, 3.05) is 12.4 Å². The van der Waals surface area contributed by atoms with E-state index < -0.39 is 0 Å². The maximum atomic E-state index is 10.6. The summed E-state index contributed by atoms with van der Waals surface area (Å²) in [5.74, 6) is 0.403. The van der Waals surface area contributed by atoms with Crippen molar-refractivity contribution in [1.29, 1.82) is 5.41 Å². The van der Waals surface area contributed by atoms with Gasteiger partial charge in [-0.1, -0.05) is 35.9 Å². The Morgan fingerprint density at radius 1 is 1.27 bits per heavy atom. The number of carbonyl (C=O) groups excluding carboxylic acids is 1. The zero-order chi connectivity index (χ0) is 18.7. The molecule has 3 rings (SSSR count). The van der Waals surface area contributed by atoms with Gasteiger partial charge in [-0.2, -0.15) is 0 Å². The number of benzene rings is 2. The van der Waals surface area contributed by atoms with E-state index in [1.165, 1.54) is 0 Å². The molecule has 0 atom stereocenters. The van der Waals surface area contributed by atoms with Crippen LogP contribution in [0, 0.1) is 12.3 Å². The molecule has 0 aliphatic carbocycles. The normalized spacial score (nSPS) is 10.4. The molecule has 0 aliphatic rings. The molecule has 6 nitrogen and oxygen atoms in total. The quantitative estimate of drug-likeness (QED) is 0.369. The van der Waals surface area contributed by atoms with E-state index in [9.17, 15) is 4.79 Å². The number of rotatable bonds is 4. The van der Waals surface area contributed by atoms with Crippen LogP contribution < -0.4 is 15.4 Å². The molecule has 26 heavy (non-hydrogen) atoms. The first kappa shape index (κ1) is 17.7. The average molecular weight is 369 g/mol. The van der Waals surface area contributed by atoms with Gasteiger partial charge in [0.05, 0.1) is 23.5 Å². The molecule has 0 fully saturated rings. The highest BCUT2D eigenvalue weighted by molar-refractivity contribution is 6.37. The van der Waals surface area contributed by atoms with E-state index in [-0.39, 0.29) is 5.96 Å². The number of pyridine rings is 1. The van der Waals surface area contributed by atoms with Gasteiger partial charge in [0.2, 0.25) is 6.41 Å². The SMILES string of the molecule is COc1ccc(Cl)c2c(NC(=N)NC=O)cc(-c3ccccc3C)nc12. The van der Waals surface area contributed by atoms with E-state index in [0.717, 1.165) is 11.1 Å². The van der Waals surface area contributed by atoms with E-state index in [4.69, 9.17) is 26.7 Å². The largest absolute Gasteiger partial charge is 0.494 e. The highest BCUT2D eigenvalue weighted by atomic mass is 35.5. The average Bonchev–Trinajstić information content (AvgIpc) is 2.62. The van der Waals surface area contributed by atoms with Gasteiger partial charge in [-0.25, -0.2) is 4.98 Å². The van der Waals surface area contributed by atoms with Gasteiger partial charge in [0.15, 0.2) is 5.96 Å². The van der Waals surface area contributed by atoms with Crippen LogP contribution in [-0.2, 0) is 4.79 Å². The van der Waals surface area contributed by atoms with Crippen LogP contribution >= 0.6 is 11.6 Å². The number of ether oxygens (including phenoxy) is 1. The molecule has 1 amide bonds. The monoisotopic (exact) mass is 368 g/mol. The Bertz CT molecular complexity index is 1000. The lowest BCUT2D eigenvalue weighted by atomic mass is 10.0. The summed E-state index contributed by atoms with van der Waals surface area (Å²) >= 11 is 6.39. The molecule has 1 aromatic heterocycles. The van der Waals surface area contributed by atoms with Crippen molar-refractivity contribution >= 4 is 40.6 Å². The number of fused-ring (bicyclic) bond motifs is 1. The fraction of sp³-hybridized carbons (Fsp3) is 0.105. The van der Waals surface area contributed by atoms with E-state index in [1.54, 1.807) is 25.3 Å². The van der Waals surface area contributed by atoms with Gasteiger partial charge < -0.3 is 10.1 Å². The molecule has 0 aliphatic heterocycles. The summed E-state index contributed by atoms with van der Waals surface area (Å²) in [7, 11) is 1.56. The molecule has 0 spiro atoms. The summed E-state index contributed by atoms with van der Waals surface area (Å²) < 4.78 is 5.44. The molecule has 0 radical (unpaired) electrons. The summed E-state index contributed by atoms with van der Waals surface area (Å²) in [5.41, 5.74) is 3.85. The number of anilines is 1. The molecule has 7 heteroatoms. The standard InChI is InChI=1S/C19H17ClN4O2/c1-11-5-3-4-6-12(11)14-9-15(24-19(21)22-10-25)17-13(20)7-8-16(26-2)18(17)23-14/h3-10H,1-2H3,(H3,21,22,23,24,25). The highest BCUT2D eigenvalue weighted by Crippen LogP contribution is 2.38. The number of guanidine groups is 1. The number of nitrogens with one attached hydrogen (secondary N) is 3. The number of amides is 1. The third-order valence-corrected chi connectivity index (χ3v) is 4.29. The highest BCUT2D eigenvalue weighted by Gasteiger charge is 2.16. The summed E-state index contributed by atoms with van der Waals surface area (Å²) in [5, 5.41) is 14.1. The first-order valence-electron chi connectivity index (χ1n) is 7.84. The van der Waals surface area contributed by atoms with Crippen LogP contribution in [0.25, 0.3) is 22.2 Å². The van der Waals surface area contributed by atoms with Gasteiger partial charge in [-0.05, 0) is 30.7 Å². The lowest BCUT2D eigenvalue weighted by Crippen LogP contribution is -2.28. The van der Waals surface area contributed by atoms with Crippen LogP contribution in [0.4, 0.5) is 5.69 Å². The Morgan fingerprint density at radius 3 is 2.73 bits per heavy atom. The van der Waals surface area contributed by atoms with Crippen LogP contribution in [0.15, 0.2) is 42.5 Å². The molecule has 0 unspecified atom stereocenters. The molecule has 1 heterocycles. The number of hydrogen-bond acceptors (Lipinski definition) is 4.